The highest BCUT2D eigenvalue weighted by Gasteiger charge is 1.99. The van der Waals surface area contributed by atoms with E-state index >= 15 is 0 Å². The second-order valence-electron chi connectivity index (χ2n) is 4.54. The van der Waals surface area contributed by atoms with Crippen LogP contribution in [0.3, 0.4) is 0 Å². The standard InChI is InChI=1S/C17H15N3O/c1-2-6-16(7-3-1)21-17-8-4-5-14(9-17)10-20-15-11-18-13-19-12-15/h1-9,11-13,20H,10H2. The normalized spacial score (nSPS) is 10.1. The Balaban J connectivity index is 1.66. The van der Waals surface area contributed by atoms with E-state index in [1.165, 1.54) is 6.33 Å². The fraction of sp³-hybridized carbons (Fsp3) is 0.0588. The highest BCUT2D eigenvalue weighted by molar-refractivity contribution is 5.40. The van der Waals surface area contributed by atoms with Gasteiger partial charge < -0.3 is 10.1 Å². The predicted octanol–water partition coefficient (Wildman–Crippen LogP) is 3.88. The number of para-hydroxylation sites is 1. The lowest BCUT2D eigenvalue weighted by Crippen LogP contribution is -2.00. The molecule has 0 bridgehead atoms. The van der Waals surface area contributed by atoms with E-state index in [4.69, 9.17) is 4.74 Å². The molecule has 21 heavy (non-hydrogen) atoms. The molecule has 3 aromatic rings. The molecule has 104 valence electrons. The van der Waals surface area contributed by atoms with Crippen molar-refractivity contribution in [2.75, 3.05) is 5.32 Å². The molecule has 1 heterocycles. The molecule has 0 unspecified atom stereocenters. The maximum absolute atomic E-state index is 5.82. The van der Waals surface area contributed by atoms with Gasteiger partial charge in [-0.15, -0.1) is 0 Å². The van der Waals surface area contributed by atoms with Gasteiger partial charge in [0.1, 0.15) is 17.8 Å². The van der Waals surface area contributed by atoms with Gasteiger partial charge in [0.05, 0.1) is 18.1 Å². The van der Waals surface area contributed by atoms with E-state index in [1.807, 2.05) is 48.5 Å². The molecule has 0 atom stereocenters. The SMILES string of the molecule is c1ccc(Oc2cccc(CNc3cncnc3)c2)cc1. The first-order valence-corrected chi connectivity index (χ1v) is 6.71. The highest BCUT2D eigenvalue weighted by atomic mass is 16.5. The fourth-order valence-corrected chi connectivity index (χ4v) is 1.94. The molecule has 4 heteroatoms. The van der Waals surface area contributed by atoms with Crippen LogP contribution in [0, 0.1) is 0 Å². The number of ether oxygens (including phenoxy) is 1. The van der Waals surface area contributed by atoms with Crippen LogP contribution in [0.15, 0.2) is 73.3 Å². The lowest BCUT2D eigenvalue weighted by atomic mass is 10.2. The molecular weight excluding hydrogens is 262 g/mol. The molecule has 4 nitrogen and oxygen atoms in total. The lowest BCUT2D eigenvalue weighted by molar-refractivity contribution is 0.482. The Morgan fingerprint density at radius 3 is 2.43 bits per heavy atom. The first-order chi connectivity index (χ1) is 10.4. The van der Waals surface area contributed by atoms with E-state index in [0.29, 0.717) is 6.54 Å². The number of benzene rings is 2. The number of aromatic nitrogens is 2. The Bertz CT molecular complexity index is 687. The van der Waals surface area contributed by atoms with Gasteiger partial charge >= 0.3 is 0 Å². The summed E-state index contributed by atoms with van der Waals surface area (Å²) < 4.78 is 5.82. The molecule has 1 N–H and O–H groups in total. The molecule has 0 amide bonds. The number of nitrogens with zero attached hydrogens (tertiary/aromatic N) is 2. The second kappa shape index (κ2) is 6.52. The van der Waals surface area contributed by atoms with E-state index in [9.17, 15) is 0 Å². The maximum atomic E-state index is 5.82. The van der Waals surface area contributed by atoms with Crippen LogP contribution in [-0.2, 0) is 6.54 Å². The fourth-order valence-electron chi connectivity index (χ4n) is 1.94. The van der Waals surface area contributed by atoms with Crippen molar-refractivity contribution in [2.45, 2.75) is 6.54 Å². The van der Waals surface area contributed by atoms with Crippen molar-refractivity contribution < 1.29 is 4.74 Å². The van der Waals surface area contributed by atoms with Gasteiger partial charge in [0.15, 0.2) is 0 Å². The van der Waals surface area contributed by atoms with Crippen molar-refractivity contribution in [2.24, 2.45) is 0 Å². The summed E-state index contributed by atoms with van der Waals surface area (Å²) in [6.07, 6.45) is 5.01. The number of hydrogen-bond acceptors (Lipinski definition) is 4. The van der Waals surface area contributed by atoms with Crippen LogP contribution < -0.4 is 10.1 Å². The molecule has 0 spiro atoms. The summed E-state index contributed by atoms with van der Waals surface area (Å²) in [5.74, 6) is 1.66. The molecule has 0 aliphatic heterocycles. The van der Waals surface area contributed by atoms with Crippen LogP contribution in [0.2, 0.25) is 0 Å². The molecular formula is C17H15N3O. The first kappa shape index (κ1) is 13.1. The summed E-state index contributed by atoms with van der Waals surface area (Å²) in [7, 11) is 0. The number of anilines is 1. The molecule has 1 aromatic heterocycles. The van der Waals surface area contributed by atoms with Crippen molar-refractivity contribution in [3.63, 3.8) is 0 Å². The summed E-state index contributed by atoms with van der Waals surface area (Å²) in [5, 5.41) is 3.27. The Morgan fingerprint density at radius 1 is 0.857 bits per heavy atom. The number of rotatable bonds is 5. The van der Waals surface area contributed by atoms with Gasteiger partial charge in [0.2, 0.25) is 0 Å². The van der Waals surface area contributed by atoms with Gasteiger partial charge in [-0.25, -0.2) is 9.97 Å². The van der Waals surface area contributed by atoms with Crippen LogP contribution in [0.1, 0.15) is 5.56 Å². The zero-order valence-electron chi connectivity index (χ0n) is 11.4. The largest absolute Gasteiger partial charge is 0.457 e. The van der Waals surface area contributed by atoms with Crippen molar-refractivity contribution in [1.82, 2.24) is 9.97 Å². The molecule has 0 fully saturated rings. The minimum Gasteiger partial charge on any atom is -0.457 e. The van der Waals surface area contributed by atoms with Gasteiger partial charge in [-0.3, -0.25) is 0 Å². The zero-order valence-corrected chi connectivity index (χ0v) is 11.4. The minimum absolute atomic E-state index is 0.694. The topological polar surface area (TPSA) is 47.0 Å². The third-order valence-corrected chi connectivity index (χ3v) is 2.93. The van der Waals surface area contributed by atoms with Gasteiger partial charge in [-0.05, 0) is 29.8 Å². The maximum Gasteiger partial charge on any atom is 0.127 e. The number of hydrogen-bond donors (Lipinski definition) is 1. The Kier molecular flexibility index (Phi) is 4.07. The summed E-state index contributed by atoms with van der Waals surface area (Å²) >= 11 is 0. The molecule has 0 saturated carbocycles. The van der Waals surface area contributed by atoms with E-state index in [1.54, 1.807) is 12.4 Å². The summed E-state index contributed by atoms with van der Waals surface area (Å²) in [6.45, 7) is 0.694. The molecule has 2 aromatic carbocycles. The van der Waals surface area contributed by atoms with Crippen molar-refractivity contribution >= 4 is 5.69 Å². The quantitative estimate of drug-likeness (QED) is 0.768. The minimum atomic E-state index is 0.694. The molecule has 0 aliphatic rings. The molecule has 0 saturated heterocycles. The van der Waals surface area contributed by atoms with Gasteiger partial charge in [-0.2, -0.15) is 0 Å². The van der Waals surface area contributed by atoms with Crippen molar-refractivity contribution in [1.29, 1.82) is 0 Å². The third kappa shape index (κ3) is 3.79. The third-order valence-electron chi connectivity index (χ3n) is 2.93. The van der Waals surface area contributed by atoms with Crippen LogP contribution in [0.5, 0.6) is 11.5 Å². The number of nitrogens with one attached hydrogen (secondary N) is 1. The van der Waals surface area contributed by atoms with Crippen molar-refractivity contribution in [3.8, 4) is 11.5 Å². The van der Waals surface area contributed by atoms with Gasteiger partial charge in [-0.1, -0.05) is 30.3 Å². The van der Waals surface area contributed by atoms with E-state index in [-0.39, 0.29) is 0 Å². The average Bonchev–Trinajstić information content (AvgIpc) is 2.55. The van der Waals surface area contributed by atoms with Gasteiger partial charge in [0, 0.05) is 6.54 Å². The molecule has 3 rings (SSSR count). The van der Waals surface area contributed by atoms with E-state index in [0.717, 1.165) is 22.7 Å². The predicted molar refractivity (Wildman–Crippen MR) is 82.3 cm³/mol. The van der Waals surface area contributed by atoms with Crippen molar-refractivity contribution in [3.05, 3.63) is 78.9 Å². The van der Waals surface area contributed by atoms with Crippen LogP contribution in [0.4, 0.5) is 5.69 Å². The Hall–Kier alpha value is -2.88. The smallest absolute Gasteiger partial charge is 0.127 e. The second-order valence-corrected chi connectivity index (χ2v) is 4.54. The average molecular weight is 277 g/mol. The molecule has 0 aliphatic carbocycles. The van der Waals surface area contributed by atoms with E-state index in [2.05, 4.69) is 21.4 Å². The molecule has 0 radical (unpaired) electrons. The Labute approximate surface area is 123 Å². The Morgan fingerprint density at radius 2 is 1.62 bits per heavy atom. The monoisotopic (exact) mass is 277 g/mol. The van der Waals surface area contributed by atoms with Crippen LogP contribution >= 0.6 is 0 Å². The van der Waals surface area contributed by atoms with E-state index < -0.39 is 0 Å². The van der Waals surface area contributed by atoms with Gasteiger partial charge in [0.25, 0.3) is 0 Å². The van der Waals surface area contributed by atoms with Crippen LogP contribution in [0.25, 0.3) is 0 Å². The summed E-state index contributed by atoms with van der Waals surface area (Å²) in [4.78, 5) is 7.94. The zero-order chi connectivity index (χ0) is 14.3. The van der Waals surface area contributed by atoms with Crippen LogP contribution in [-0.4, -0.2) is 9.97 Å². The first-order valence-electron chi connectivity index (χ1n) is 6.71. The lowest BCUT2D eigenvalue weighted by Gasteiger charge is -2.09. The highest BCUT2D eigenvalue weighted by Crippen LogP contribution is 2.22. The summed E-state index contributed by atoms with van der Waals surface area (Å²) in [5.41, 5.74) is 2.03. The summed E-state index contributed by atoms with van der Waals surface area (Å²) in [6, 6.07) is 17.7.